The van der Waals surface area contributed by atoms with Gasteiger partial charge in [0.25, 0.3) is 0 Å². The van der Waals surface area contributed by atoms with E-state index >= 15 is 0 Å². The fraction of sp³-hybridized carbons (Fsp3) is 0.588. The van der Waals surface area contributed by atoms with Crippen LogP contribution in [-0.4, -0.2) is 34.0 Å². The normalized spacial score (nSPS) is 20.0. The van der Waals surface area contributed by atoms with Crippen LogP contribution in [0.15, 0.2) is 21.3 Å². The quantitative estimate of drug-likeness (QED) is 0.854. The van der Waals surface area contributed by atoms with E-state index in [1.807, 2.05) is 37.1 Å². The van der Waals surface area contributed by atoms with Gasteiger partial charge in [0.05, 0.1) is 5.92 Å². The Hall–Kier alpha value is -1.69. The highest BCUT2D eigenvalue weighted by atomic mass is 32.1. The molecule has 0 aromatic carbocycles. The number of thiophene rings is 1. The number of nitrogens with zero attached hydrogens (tertiary/aromatic N) is 3. The van der Waals surface area contributed by atoms with Crippen LogP contribution in [0.4, 0.5) is 0 Å². The lowest BCUT2D eigenvalue weighted by atomic mass is 9.95. The SMILES string of the molecule is CC(C)c1nc([C@@H]2CCCN(C(=O)[C@@H](C)c3ccsc3)C2)no1. The number of aromatic nitrogens is 2. The maximum Gasteiger partial charge on any atom is 0.229 e. The summed E-state index contributed by atoms with van der Waals surface area (Å²) in [5, 5.41) is 8.20. The second-order valence-electron chi connectivity index (χ2n) is 6.55. The number of hydrogen-bond acceptors (Lipinski definition) is 5. The Labute approximate surface area is 140 Å². The zero-order chi connectivity index (χ0) is 16.4. The number of rotatable bonds is 4. The first-order valence-corrected chi connectivity index (χ1v) is 9.15. The molecule has 1 aliphatic rings. The molecular formula is C17H23N3O2S. The molecule has 0 spiro atoms. The third-order valence-electron chi connectivity index (χ3n) is 4.46. The summed E-state index contributed by atoms with van der Waals surface area (Å²) in [5.41, 5.74) is 1.10. The zero-order valence-electron chi connectivity index (χ0n) is 13.9. The van der Waals surface area contributed by atoms with Crippen LogP contribution >= 0.6 is 11.3 Å². The Kier molecular flexibility index (Phi) is 4.80. The second kappa shape index (κ2) is 6.83. The molecule has 0 aliphatic carbocycles. The smallest absolute Gasteiger partial charge is 0.229 e. The zero-order valence-corrected chi connectivity index (χ0v) is 14.7. The highest BCUT2D eigenvalue weighted by Gasteiger charge is 2.30. The predicted molar refractivity (Wildman–Crippen MR) is 89.7 cm³/mol. The van der Waals surface area contributed by atoms with Crippen LogP contribution in [0.25, 0.3) is 0 Å². The van der Waals surface area contributed by atoms with Gasteiger partial charge in [-0.1, -0.05) is 19.0 Å². The molecule has 2 atom stereocenters. The average Bonchev–Trinajstić information content (AvgIpc) is 3.25. The van der Waals surface area contributed by atoms with E-state index in [0.29, 0.717) is 12.4 Å². The number of hydrogen-bond donors (Lipinski definition) is 0. The van der Waals surface area contributed by atoms with E-state index in [-0.39, 0.29) is 23.7 Å². The molecule has 124 valence electrons. The Morgan fingerprint density at radius 3 is 2.91 bits per heavy atom. The average molecular weight is 333 g/mol. The van der Waals surface area contributed by atoms with Gasteiger partial charge in [-0.05, 0) is 42.2 Å². The van der Waals surface area contributed by atoms with Crippen LogP contribution in [0.3, 0.4) is 0 Å². The minimum absolute atomic E-state index is 0.0866. The Bertz CT molecular complexity index is 651. The number of piperidine rings is 1. The summed E-state index contributed by atoms with van der Waals surface area (Å²) < 4.78 is 5.32. The summed E-state index contributed by atoms with van der Waals surface area (Å²) in [5.74, 6) is 1.94. The van der Waals surface area contributed by atoms with Gasteiger partial charge in [0, 0.05) is 24.9 Å². The van der Waals surface area contributed by atoms with Crippen molar-refractivity contribution in [3.05, 3.63) is 34.1 Å². The first-order chi connectivity index (χ1) is 11.1. The Morgan fingerprint density at radius 1 is 1.43 bits per heavy atom. The van der Waals surface area contributed by atoms with Crippen molar-refractivity contribution in [3.63, 3.8) is 0 Å². The van der Waals surface area contributed by atoms with Gasteiger partial charge in [-0.3, -0.25) is 4.79 Å². The van der Waals surface area contributed by atoms with E-state index in [4.69, 9.17) is 4.52 Å². The summed E-state index contributed by atoms with van der Waals surface area (Å²) in [6.07, 6.45) is 1.99. The highest BCUT2D eigenvalue weighted by Crippen LogP contribution is 2.29. The summed E-state index contributed by atoms with van der Waals surface area (Å²) in [6, 6.07) is 2.03. The van der Waals surface area contributed by atoms with E-state index in [1.165, 1.54) is 0 Å². The van der Waals surface area contributed by atoms with Crippen molar-refractivity contribution < 1.29 is 9.32 Å². The molecule has 1 amide bonds. The van der Waals surface area contributed by atoms with Gasteiger partial charge in [-0.25, -0.2) is 0 Å². The number of amides is 1. The standard InChI is InChI=1S/C17H23N3O2S/c1-11(2)16-18-15(19-22-16)13-5-4-7-20(9-13)17(21)12(3)14-6-8-23-10-14/h6,8,10-13H,4-5,7,9H2,1-3H3/t12-,13+/m0/s1. The third kappa shape index (κ3) is 3.47. The molecule has 2 aromatic heterocycles. The maximum atomic E-state index is 12.8. The van der Waals surface area contributed by atoms with Crippen LogP contribution in [0.5, 0.6) is 0 Å². The van der Waals surface area contributed by atoms with Crippen LogP contribution in [0.1, 0.15) is 68.6 Å². The molecule has 1 fully saturated rings. The van der Waals surface area contributed by atoms with Crippen molar-refractivity contribution in [2.24, 2.45) is 0 Å². The lowest BCUT2D eigenvalue weighted by Crippen LogP contribution is -2.41. The molecule has 1 saturated heterocycles. The Balaban J connectivity index is 1.69. The number of carbonyl (C=O) groups is 1. The molecule has 3 heterocycles. The summed E-state index contributed by atoms with van der Waals surface area (Å²) in [7, 11) is 0. The van der Waals surface area contributed by atoms with Crippen molar-refractivity contribution in [2.75, 3.05) is 13.1 Å². The Morgan fingerprint density at radius 2 is 2.26 bits per heavy atom. The van der Waals surface area contributed by atoms with Crippen molar-refractivity contribution >= 4 is 17.2 Å². The van der Waals surface area contributed by atoms with Crippen LogP contribution in [0, 0.1) is 0 Å². The molecule has 0 bridgehead atoms. The number of carbonyl (C=O) groups excluding carboxylic acids is 1. The molecule has 0 N–H and O–H groups in total. The van der Waals surface area contributed by atoms with E-state index in [0.717, 1.165) is 30.8 Å². The molecule has 1 aliphatic heterocycles. The molecule has 0 unspecified atom stereocenters. The van der Waals surface area contributed by atoms with E-state index in [2.05, 4.69) is 15.5 Å². The first-order valence-electron chi connectivity index (χ1n) is 8.20. The van der Waals surface area contributed by atoms with Crippen molar-refractivity contribution in [1.29, 1.82) is 0 Å². The summed E-state index contributed by atoms with van der Waals surface area (Å²) in [6.45, 7) is 7.56. The summed E-state index contributed by atoms with van der Waals surface area (Å²) >= 11 is 1.63. The first kappa shape index (κ1) is 16.2. The van der Waals surface area contributed by atoms with E-state index in [9.17, 15) is 4.79 Å². The topological polar surface area (TPSA) is 59.2 Å². The largest absolute Gasteiger partial charge is 0.341 e. The van der Waals surface area contributed by atoms with Gasteiger partial charge in [-0.15, -0.1) is 0 Å². The van der Waals surface area contributed by atoms with Gasteiger partial charge in [0.1, 0.15) is 0 Å². The molecular weight excluding hydrogens is 310 g/mol. The highest BCUT2D eigenvalue weighted by molar-refractivity contribution is 7.08. The van der Waals surface area contributed by atoms with Crippen LogP contribution in [-0.2, 0) is 4.79 Å². The molecule has 23 heavy (non-hydrogen) atoms. The minimum atomic E-state index is -0.0866. The third-order valence-corrected chi connectivity index (χ3v) is 5.16. The lowest BCUT2D eigenvalue weighted by Gasteiger charge is -2.33. The van der Waals surface area contributed by atoms with Crippen molar-refractivity contribution in [3.8, 4) is 0 Å². The van der Waals surface area contributed by atoms with E-state index < -0.39 is 0 Å². The fourth-order valence-corrected chi connectivity index (χ4v) is 3.73. The monoisotopic (exact) mass is 333 g/mol. The molecule has 6 heteroatoms. The van der Waals surface area contributed by atoms with Gasteiger partial charge in [0.15, 0.2) is 5.82 Å². The fourth-order valence-electron chi connectivity index (χ4n) is 2.97. The van der Waals surface area contributed by atoms with Crippen LogP contribution < -0.4 is 0 Å². The van der Waals surface area contributed by atoms with Crippen molar-refractivity contribution in [1.82, 2.24) is 15.0 Å². The molecule has 2 aromatic rings. The van der Waals surface area contributed by atoms with Crippen molar-refractivity contribution in [2.45, 2.75) is 51.4 Å². The minimum Gasteiger partial charge on any atom is -0.341 e. The molecule has 5 nitrogen and oxygen atoms in total. The maximum absolute atomic E-state index is 12.8. The molecule has 0 radical (unpaired) electrons. The van der Waals surface area contributed by atoms with E-state index in [1.54, 1.807) is 11.3 Å². The molecule has 3 rings (SSSR count). The lowest BCUT2D eigenvalue weighted by molar-refractivity contribution is -0.133. The molecule has 0 saturated carbocycles. The van der Waals surface area contributed by atoms with Gasteiger partial charge in [-0.2, -0.15) is 16.3 Å². The number of likely N-dealkylation sites (tertiary alicyclic amines) is 1. The van der Waals surface area contributed by atoms with Gasteiger partial charge in [0.2, 0.25) is 11.8 Å². The second-order valence-corrected chi connectivity index (χ2v) is 7.33. The summed E-state index contributed by atoms with van der Waals surface area (Å²) in [4.78, 5) is 19.2. The van der Waals surface area contributed by atoms with Crippen LogP contribution in [0.2, 0.25) is 0 Å². The predicted octanol–water partition coefficient (Wildman–Crippen LogP) is 3.76. The van der Waals surface area contributed by atoms with Gasteiger partial charge < -0.3 is 9.42 Å². The van der Waals surface area contributed by atoms with Gasteiger partial charge >= 0.3 is 0 Å².